The first-order valence-electron chi connectivity index (χ1n) is 8.50. The number of nitrogens with one attached hydrogen (secondary N) is 1. The number of rotatable bonds is 7. The molecule has 0 fully saturated rings. The minimum absolute atomic E-state index is 0.0806. The lowest BCUT2D eigenvalue weighted by atomic mass is 10.0. The summed E-state index contributed by atoms with van der Waals surface area (Å²) in [6, 6.07) is 17.1. The van der Waals surface area contributed by atoms with Crippen LogP contribution in [0.4, 0.5) is 5.69 Å². The summed E-state index contributed by atoms with van der Waals surface area (Å²) >= 11 is 5.94. The van der Waals surface area contributed by atoms with Gasteiger partial charge in [-0.25, -0.2) is 4.79 Å². The van der Waals surface area contributed by atoms with Gasteiger partial charge in [-0.1, -0.05) is 48.9 Å². The topological polar surface area (TPSA) is 58.6 Å². The van der Waals surface area contributed by atoms with Gasteiger partial charge in [0.05, 0.1) is 17.2 Å². The first kappa shape index (κ1) is 18.1. The van der Waals surface area contributed by atoms with Gasteiger partial charge in [0.15, 0.2) is 0 Å². The third-order valence-electron chi connectivity index (χ3n) is 4.13. The molecule has 3 aromatic carbocycles. The standard InChI is InChI=1S/C21H20ClNO3/c1-2-11-26-20-10-7-14-5-3-4-6-16(14)18(20)13-23-15-8-9-19(22)17(12-15)21(24)25/h3-10,12,23H,2,11,13H2,1H3,(H,24,25). The first-order chi connectivity index (χ1) is 12.6. The summed E-state index contributed by atoms with van der Waals surface area (Å²) in [5, 5.41) is 15.0. The molecule has 4 nitrogen and oxygen atoms in total. The molecular formula is C21H20ClNO3. The first-order valence-corrected chi connectivity index (χ1v) is 8.88. The van der Waals surface area contributed by atoms with E-state index in [2.05, 4.69) is 30.4 Å². The zero-order valence-electron chi connectivity index (χ0n) is 14.5. The number of aromatic carboxylic acids is 1. The Hall–Kier alpha value is -2.72. The molecule has 0 aromatic heterocycles. The van der Waals surface area contributed by atoms with Crippen LogP contribution in [0.1, 0.15) is 29.3 Å². The van der Waals surface area contributed by atoms with Crippen molar-refractivity contribution in [1.82, 2.24) is 0 Å². The van der Waals surface area contributed by atoms with E-state index in [1.807, 2.05) is 18.2 Å². The van der Waals surface area contributed by atoms with Crippen LogP contribution in [0.2, 0.25) is 5.02 Å². The highest BCUT2D eigenvalue weighted by Gasteiger charge is 2.12. The van der Waals surface area contributed by atoms with Crippen molar-refractivity contribution >= 4 is 34.0 Å². The predicted molar refractivity (Wildman–Crippen MR) is 105 cm³/mol. The van der Waals surface area contributed by atoms with E-state index in [4.69, 9.17) is 16.3 Å². The number of hydrogen-bond acceptors (Lipinski definition) is 3. The minimum Gasteiger partial charge on any atom is -0.493 e. The summed E-state index contributed by atoms with van der Waals surface area (Å²) in [7, 11) is 0. The second-order valence-electron chi connectivity index (χ2n) is 5.97. The van der Waals surface area contributed by atoms with Crippen molar-refractivity contribution in [2.24, 2.45) is 0 Å². The normalized spacial score (nSPS) is 10.7. The van der Waals surface area contributed by atoms with Crippen LogP contribution in [0.3, 0.4) is 0 Å². The number of carboxylic acids is 1. The van der Waals surface area contributed by atoms with E-state index in [9.17, 15) is 9.90 Å². The number of carbonyl (C=O) groups is 1. The number of benzene rings is 3. The lowest BCUT2D eigenvalue weighted by molar-refractivity contribution is 0.0697. The third-order valence-corrected chi connectivity index (χ3v) is 4.45. The largest absolute Gasteiger partial charge is 0.493 e. The van der Waals surface area contributed by atoms with Gasteiger partial charge in [-0.15, -0.1) is 0 Å². The molecule has 26 heavy (non-hydrogen) atoms. The predicted octanol–water partition coefficient (Wildman–Crippen LogP) is 5.59. The summed E-state index contributed by atoms with van der Waals surface area (Å²) in [6.45, 7) is 3.23. The van der Waals surface area contributed by atoms with Gasteiger partial charge in [-0.2, -0.15) is 0 Å². The van der Waals surface area contributed by atoms with E-state index in [1.165, 1.54) is 0 Å². The molecule has 0 heterocycles. The molecule has 0 atom stereocenters. The van der Waals surface area contributed by atoms with Gasteiger partial charge in [0.2, 0.25) is 0 Å². The quantitative estimate of drug-likeness (QED) is 0.569. The number of carboxylic acid groups (broad SMARTS) is 1. The summed E-state index contributed by atoms with van der Waals surface area (Å²) in [6.07, 6.45) is 0.929. The van der Waals surface area contributed by atoms with Gasteiger partial charge in [-0.05, 0) is 41.5 Å². The van der Waals surface area contributed by atoms with Crippen LogP contribution >= 0.6 is 11.6 Å². The van der Waals surface area contributed by atoms with Crippen molar-refractivity contribution in [2.75, 3.05) is 11.9 Å². The molecule has 0 aliphatic rings. The van der Waals surface area contributed by atoms with E-state index in [0.717, 1.165) is 28.5 Å². The Morgan fingerprint density at radius 3 is 2.73 bits per heavy atom. The van der Waals surface area contributed by atoms with Crippen LogP contribution in [0, 0.1) is 0 Å². The molecule has 0 bridgehead atoms. The van der Waals surface area contributed by atoms with Crippen LogP contribution in [-0.2, 0) is 6.54 Å². The van der Waals surface area contributed by atoms with Crippen molar-refractivity contribution in [3.8, 4) is 5.75 Å². The number of halogens is 1. The van der Waals surface area contributed by atoms with Crippen LogP contribution in [0.15, 0.2) is 54.6 Å². The molecule has 0 amide bonds. The highest BCUT2D eigenvalue weighted by molar-refractivity contribution is 6.33. The highest BCUT2D eigenvalue weighted by Crippen LogP contribution is 2.30. The Morgan fingerprint density at radius 1 is 1.15 bits per heavy atom. The fourth-order valence-electron chi connectivity index (χ4n) is 2.84. The van der Waals surface area contributed by atoms with E-state index in [0.29, 0.717) is 18.8 Å². The summed E-state index contributed by atoms with van der Waals surface area (Å²) in [4.78, 5) is 11.3. The molecule has 0 aliphatic heterocycles. The van der Waals surface area contributed by atoms with Crippen molar-refractivity contribution in [3.05, 3.63) is 70.7 Å². The molecule has 0 saturated heterocycles. The number of hydrogen-bond donors (Lipinski definition) is 2. The Bertz CT molecular complexity index is 940. The van der Waals surface area contributed by atoms with Gasteiger partial charge in [0.25, 0.3) is 0 Å². The molecule has 134 valence electrons. The lowest BCUT2D eigenvalue weighted by Gasteiger charge is -2.16. The molecule has 0 saturated carbocycles. The summed E-state index contributed by atoms with van der Waals surface area (Å²) < 4.78 is 5.91. The van der Waals surface area contributed by atoms with E-state index >= 15 is 0 Å². The van der Waals surface area contributed by atoms with Gasteiger partial charge in [0.1, 0.15) is 5.75 Å². The number of ether oxygens (including phenoxy) is 1. The molecule has 0 aliphatic carbocycles. The highest BCUT2D eigenvalue weighted by atomic mass is 35.5. The van der Waals surface area contributed by atoms with Gasteiger partial charge >= 0.3 is 5.97 Å². The van der Waals surface area contributed by atoms with Crippen molar-refractivity contribution in [3.63, 3.8) is 0 Å². The van der Waals surface area contributed by atoms with E-state index in [-0.39, 0.29) is 10.6 Å². The van der Waals surface area contributed by atoms with Gasteiger partial charge in [-0.3, -0.25) is 0 Å². The molecule has 3 aromatic rings. The average Bonchev–Trinajstić information content (AvgIpc) is 2.65. The van der Waals surface area contributed by atoms with E-state index in [1.54, 1.807) is 18.2 Å². The second kappa shape index (κ2) is 8.11. The second-order valence-corrected chi connectivity index (χ2v) is 6.37. The maximum absolute atomic E-state index is 11.3. The van der Waals surface area contributed by atoms with Crippen LogP contribution < -0.4 is 10.1 Å². The zero-order valence-corrected chi connectivity index (χ0v) is 15.2. The Morgan fingerprint density at radius 2 is 1.96 bits per heavy atom. The van der Waals surface area contributed by atoms with Crippen molar-refractivity contribution in [1.29, 1.82) is 0 Å². The molecule has 0 unspecified atom stereocenters. The fraction of sp³-hybridized carbons (Fsp3) is 0.190. The smallest absolute Gasteiger partial charge is 0.337 e. The fourth-order valence-corrected chi connectivity index (χ4v) is 3.03. The monoisotopic (exact) mass is 369 g/mol. The summed E-state index contributed by atoms with van der Waals surface area (Å²) in [5.74, 6) is -0.207. The molecule has 5 heteroatoms. The zero-order chi connectivity index (χ0) is 18.5. The number of fused-ring (bicyclic) bond motifs is 1. The van der Waals surface area contributed by atoms with Gasteiger partial charge < -0.3 is 15.2 Å². The van der Waals surface area contributed by atoms with Crippen LogP contribution in [-0.4, -0.2) is 17.7 Å². The van der Waals surface area contributed by atoms with Crippen molar-refractivity contribution < 1.29 is 14.6 Å². The SMILES string of the molecule is CCCOc1ccc2ccccc2c1CNc1ccc(Cl)c(C(=O)O)c1. The molecule has 0 spiro atoms. The Kier molecular flexibility index (Phi) is 5.64. The van der Waals surface area contributed by atoms with Crippen molar-refractivity contribution in [2.45, 2.75) is 19.9 Å². The maximum atomic E-state index is 11.3. The van der Waals surface area contributed by atoms with Crippen LogP contribution in [0.25, 0.3) is 10.8 Å². The van der Waals surface area contributed by atoms with E-state index < -0.39 is 5.97 Å². The minimum atomic E-state index is -1.05. The average molecular weight is 370 g/mol. The Balaban J connectivity index is 1.92. The maximum Gasteiger partial charge on any atom is 0.337 e. The summed E-state index contributed by atoms with van der Waals surface area (Å²) in [5.41, 5.74) is 1.82. The lowest BCUT2D eigenvalue weighted by Crippen LogP contribution is -2.06. The van der Waals surface area contributed by atoms with Crippen LogP contribution in [0.5, 0.6) is 5.75 Å². The third kappa shape index (κ3) is 3.92. The molecule has 0 radical (unpaired) electrons. The number of anilines is 1. The van der Waals surface area contributed by atoms with Gasteiger partial charge in [0, 0.05) is 17.8 Å². The molecule has 3 rings (SSSR count). The molecule has 2 N–H and O–H groups in total. The molecular weight excluding hydrogens is 350 g/mol. The Labute approximate surface area is 157 Å².